The molecule has 35 heavy (non-hydrogen) atoms. The molecule has 0 spiro atoms. The van der Waals surface area contributed by atoms with Crippen LogP contribution in [0.1, 0.15) is 22.5 Å². The van der Waals surface area contributed by atoms with Gasteiger partial charge in [-0.25, -0.2) is 4.98 Å². The highest BCUT2D eigenvalue weighted by molar-refractivity contribution is 9.10. The number of hydrogen-bond acceptors (Lipinski definition) is 4. The SMILES string of the molecule is COc1cc(/C=C(/C#N)c2nc3ccc(C)cc3[nH]2)c(Br)cc1OCc1cccc2ccccc12. The Kier molecular flexibility index (Phi) is 6.26. The van der Waals surface area contributed by atoms with E-state index in [0.717, 1.165) is 37.6 Å². The van der Waals surface area contributed by atoms with Crippen LogP contribution >= 0.6 is 15.9 Å². The van der Waals surface area contributed by atoms with Crippen molar-refractivity contribution in [2.45, 2.75) is 13.5 Å². The molecule has 0 radical (unpaired) electrons. The number of rotatable bonds is 6. The lowest BCUT2D eigenvalue weighted by Crippen LogP contribution is -1.99. The Morgan fingerprint density at radius 1 is 1.06 bits per heavy atom. The number of hydrogen-bond donors (Lipinski definition) is 1. The van der Waals surface area contributed by atoms with Gasteiger partial charge in [0.2, 0.25) is 0 Å². The first kappa shape index (κ1) is 22.7. The number of nitrogens with zero attached hydrogens (tertiary/aromatic N) is 2. The van der Waals surface area contributed by atoms with Crippen molar-refractivity contribution >= 4 is 49.4 Å². The van der Waals surface area contributed by atoms with E-state index in [1.807, 2.05) is 55.5 Å². The first-order valence-electron chi connectivity index (χ1n) is 11.1. The van der Waals surface area contributed by atoms with Crippen molar-refractivity contribution < 1.29 is 9.47 Å². The summed E-state index contributed by atoms with van der Waals surface area (Å²) in [6, 6.07) is 26.4. The Balaban J connectivity index is 1.45. The molecule has 1 N–H and O–H groups in total. The molecule has 0 unspecified atom stereocenters. The second-order valence-corrected chi connectivity index (χ2v) is 9.08. The standard InChI is InChI=1S/C29H22BrN3O2/c1-18-10-11-25-26(12-18)33-29(32-25)22(16-31)13-21-14-27(34-2)28(15-24(21)30)35-17-20-8-5-7-19-6-3-4-9-23(19)20/h3-15H,17H2,1-2H3,(H,32,33)/b22-13-. The summed E-state index contributed by atoms with van der Waals surface area (Å²) in [6.07, 6.45) is 1.78. The van der Waals surface area contributed by atoms with E-state index >= 15 is 0 Å². The van der Waals surface area contributed by atoms with Gasteiger partial charge in [-0.05, 0) is 64.7 Å². The summed E-state index contributed by atoms with van der Waals surface area (Å²) in [5.41, 5.74) is 5.15. The Morgan fingerprint density at radius 2 is 1.89 bits per heavy atom. The van der Waals surface area contributed by atoms with Gasteiger partial charge in [0.05, 0.1) is 23.7 Å². The smallest absolute Gasteiger partial charge is 0.162 e. The van der Waals surface area contributed by atoms with Crippen molar-refractivity contribution in [2.24, 2.45) is 0 Å². The van der Waals surface area contributed by atoms with Crippen LogP contribution in [-0.4, -0.2) is 17.1 Å². The van der Waals surface area contributed by atoms with Gasteiger partial charge in [0, 0.05) is 4.47 Å². The fraction of sp³-hybridized carbons (Fsp3) is 0.103. The molecule has 5 rings (SSSR count). The first-order chi connectivity index (χ1) is 17.1. The van der Waals surface area contributed by atoms with Crippen LogP contribution in [0, 0.1) is 18.3 Å². The van der Waals surface area contributed by atoms with Gasteiger partial charge in [0.1, 0.15) is 18.5 Å². The molecule has 0 fully saturated rings. The fourth-order valence-electron chi connectivity index (χ4n) is 4.07. The topological polar surface area (TPSA) is 70.9 Å². The lowest BCUT2D eigenvalue weighted by molar-refractivity contribution is 0.285. The second-order valence-electron chi connectivity index (χ2n) is 8.23. The average molecular weight is 524 g/mol. The largest absolute Gasteiger partial charge is 0.493 e. The van der Waals surface area contributed by atoms with E-state index < -0.39 is 0 Å². The predicted octanol–water partition coefficient (Wildman–Crippen LogP) is 7.44. The minimum absolute atomic E-state index is 0.404. The number of imidazole rings is 1. The lowest BCUT2D eigenvalue weighted by Gasteiger charge is -2.14. The van der Waals surface area contributed by atoms with Crippen molar-refractivity contribution in [1.82, 2.24) is 9.97 Å². The number of aromatic nitrogens is 2. The molecule has 0 saturated carbocycles. The van der Waals surface area contributed by atoms with Crippen molar-refractivity contribution in [2.75, 3.05) is 7.11 Å². The van der Waals surface area contributed by atoms with Gasteiger partial charge >= 0.3 is 0 Å². The molecule has 0 aliphatic carbocycles. The number of H-pyrrole nitrogens is 1. The van der Waals surface area contributed by atoms with E-state index in [0.29, 0.717) is 29.5 Å². The van der Waals surface area contributed by atoms with Gasteiger partial charge < -0.3 is 14.5 Å². The maximum Gasteiger partial charge on any atom is 0.162 e. The highest BCUT2D eigenvalue weighted by Gasteiger charge is 2.13. The number of ether oxygens (including phenoxy) is 2. The van der Waals surface area contributed by atoms with Gasteiger partial charge in [0.25, 0.3) is 0 Å². The van der Waals surface area contributed by atoms with E-state index in [2.05, 4.69) is 56.2 Å². The molecule has 0 amide bonds. The number of methoxy groups -OCH3 is 1. The molecule has 0 atom stereocenters. The molecular weight excluding hydrogens is 502 g/mol. The van der Waals surface area contributed by atoms with E-state index in [1.54, 1.807) is 13.2 Å². The molecule has 0 aliphatic heterocycles. The summed E-state index contributed by atoms with van der Waals surface area (Å²) in [6.45, 7) is 2.43. The molecule has 0 bridgehead atoms. The van der Waals surface area contributed by atoms with Crippen molar-refractivity contribution in [3.63, 3.8) is 0 Å². The summed E-state index contributed by atoms with van der Waals surface area (Å²) < 4.78 is 12.6. The third-order valence-electron chi connectivity index (χ3n) is 5.86. The summed E-state index contributed by atoms with van der Waals surface area (Å²) >= 11 is 3.63. The van der Waals surface area contributed by atoms with Crippen molar-refractivity contribution in [3.05, 3.63) is 99.8 Å². The highest BCUT2D eigenvalue weighted by Crippen LogP contribution is 2.36. The molecule has 5 nitrogen and oxygen atoms in total. The number of aryl methyl sites for hydroxylation is 1. The number of nitriles is 1. The van der Waals surface area contributed by atoms with Gasteiger partial charge in [-0.2, -0.15) is 5.26 Å². The molecule has 1 aromatic heterocycles. The number of nitrogens with one attached hydrogen (secondary N) is 1. The molecule has 172 valence electrons. The minimum Gasteiger partial charge on any atom is -0.493 e. The van der Waals surface area contributed by atoms with E-state index in [9.17, 15) is 5.26 Å². The lowest BCUT2D eigenvalue weighted by atomic mass is 10.1. The van der Waals surface area contributed by atoms with Crippen LogP contribution in [0.15, 0.2) is 77.3 Å². The van der Waals surface area contributed by atoms with Gasteiger partial charge in [-0.3, -0.25) is 0 Å². The molecule has 4 aromatic carbocycles. The first-order valence-corrected chi connectivity index (χ1v) is 11.9. The minimum atomic E-state index is 0.404. The van der Waals surface area contributed by atoms with Crippen LogP contribution < -0.4 is 9.47 Å². The maximum atomic E-state index is 9.84. The normalized spacial score (nSPS) is 11.5. The molecule has 1 heterocycles. The van der Waals surface area contributed by atoms with E-state index in [1.165, 1.54) is 5.39 Å². The van der Waals surface area contributed by atoms with Crippen LogP contribution in [0.4, 0.5) is 0 Å². The monoisotopic (exact) mass is 523 g/mol. The van der Waals surface area contributed by atoms with Crippen molar-refractivity contribution in [1.29, 1.82) is 5.26 Å². The Hall–Kier alpha value is -4.08. The van der Waals surface area contributed by atoms with Crippen LogP contribution in [0.3, 0.4) is 0 Å². The van der Waals surface area contributed by atoms with Crippen LogP contribution in [-0.2, 0) is 6.61 Å². The predicted molar refractivity (Wildman–Crippen MR) is 143 cm³/mol. The number of benzene rings is 4. The van der Waals surface area contributed by atoms with Crippen LogP contribution in [0.25, 0.3) is 33.5 Å². The second kappa shape index (κ2) is 9.65. The summed E-state index contributed by atoms with van der Waals surface area (Å²) in [4.78, 5) is 7.83. The Morgan fingerprint density at radius 3 is 2.71 bits per heavy atom. The fourth-order valence-corrected chi connectivity index (χ4v) is 4.50. The van der Waals surface area contributed by atoms with Gasteiger partial charge in [-0.15, -0.1) is 0 Å². The van der Waals surface area contributed by atoms with Crippen LogP contribution in [0.5, 0.6) is 11.5 Å². The summed E-state index contributed by atoms with van der Waals surface area (Å²) in [5.74, 6) is 1.72. The Bertz CT molecular complexity index is 1620. The summed E-state index contributed by atoms with van der Waals surface area (Å²) in [7, 11) is 1.61. The van der Waals surface area contributed by atoms with Gasteiger partial charge in [0.15, 0.2) is 11.5 Å². The molecule has 0 aliphatic rings. The molecule has 6 heteroatoms. The number of aromatic amines is 1. The number of allylic oxidation sites excluding steroid dienone is 1. The molecule has 0 saturated heterocycles. The third-order valence-corrected chi connectivity index (χ3v) is 6.55. The Labute approximate surface area is 211 Å². The number of halogens is 1. The zero-order valence-corrected chi connectivity index (χ0v) is 20.9. The van der Waals surface area contributed by atoms with E-state index in [-0.39, 0.29) is 0 Å². The maximum absolute atomic E-state index is 9.84. The van der Waals surface area contributed by atoms with Crippen LogP contribution in [0.2, 0.25) is 0 Å². The van der Waals surface area contributed by atoms with E-state index in [4.69, 9.17) is 9.47 Å². The zero-order valence-electron chi connectivity index (χ0n) is 19.3. The van der Waals surface area contributed by atoms with Gasteiger partial charge in [-0.1, -0.05) is 64.5 Å². The molecular formula is C29H22BrN3O2. The summed E-state index contributed by atoms with van der Waals surface area (Å²) in [5, 5.41) is 12.2. The molecule has 5 aromatic rings. The zero-order chi connectivity index (χ0) is 24.4. The highest BCUT2D eigenvalue weighted by atomic mass is 79.9. The number of fused-ring (bicyclic) bond motifs is 2. The average Bonchev–Trinajstić information content (AvgIpc) is 3.29. The quantitative estimate of drug-likeness (QED) is 0.235. The van der Waals surface area contributed by atoms with Crippen molar-refractivity contribution in [3.8, 4) is 17.6 Å². The third kappa shape index (κ3) is 4.64.